The lowest BCUT2D eigenvalue weighted by Gasteiger charge is -2.04. The topological polar surface area (TPSA) is 82.0 Å². The summed E-state index contributed by atoms with van der Waals surface area (Å²) in [5, 5.41) is 11.2. The van der Waals surface area contributed by atoms with Crippen LogP contribution in [-0.4, -0.2) is 9.91 Å². The molecule has 5 nitrogen and oxygen atoms in total. The van der Waals surface area contributed by atoms with Gasteiger partial charge in [0.05, 0.1) is 4.92 Å². The number of aromatic nitrogens is 1. The van der Waals surface area contributed by atoms with E-state index in [1.54, 1.807) is 24.3 Å². The Bertz CT molecular complexity index is 569. The van der Waals surface area contributed by atoms with Crippen LogP contribution in [0.15, 0.2) is 36.5 Å². The van der Waals surface area contributed by atoms with Crippen LogP contribution in [0.3, 0.4) is 0 Å². The van der Waals surface area contributed by atoms with E-state index in [0.29, 0.717) is 10.6 Å². The Morgan fingerprint density at radius 1 is 1.29 bits per heavy atom. The first kappa shape index (κ1) is 11.3. The average molecular weight is 250 g/mol. The number of benzene rings is 1. The van der Waals surface area contributed by atoms with Gasteiger partial charge in [-0.05, 0) is 17.7 Å². The molecule has 0 aliphatic rings. The summed E-state index contributed by atoms with van der Waals surface area (Å²) in [6.07, 6.45) is 1.13. The van der Waals surface area contributed by atoms with Crippen LogP contribution in [0.25, 0.3) is 11.1 Å². The van der Waals surface area contributed by atoms with Gasteiger partial charge in [0, 0.05) is 16.7 Å². The molecular formula is C11H8ClN3O2. The summed E-state index contributed by atoms with van der Waals surface area (Å²) in [6.45, 7) is 0. The number of nitrogens with two attached hydrogens (primary N) is 1. The van der Waals surface area contributed by atoms with Crippen molar-refractivity contribution >= 4 is 23.1 Å². The largest absolute Gasteiger partial charge is 0.383 e. The molecule has 17 heavy (non-hydrogen) atoms. The van der Waals surface area contributed by atoms with E-state index < -0.39 is 4.92 Å². The second-order valence-corrected chi connectivity index (χ2v) is 3.83. The van der Waals surface area contributed by atoms with Crippen molar-refractivity contribution in [3.8, 4) is 11.1 Å². The van der Waals surface area contributed by atoms with Gasteiger partial charge >= 0.3 is 0 Å². The van der Waals surface area contributed by atoms with E-state index in [0.717, 1.165) is 11.8 Å². The smallest absolute Gasteiger partial charge is 0.288 e. The average Bonchev–Trinajstić information content (AvgIpc) is 2.31. The van der Waals surface area contributed by atoms with Crippen LogP contribution in [-0.2, 0) is 0 Å². The molecule has 0 bridgehead atoms. The zero-order valence-electron chi connectivity index (χ0n) is 8.63. The maximum absolute atomic E-state index is 10.7. The molecule has 0 saturated carbocycles. The van der Waals surface area contributed by atoms with Crippen LogP contribution in [0.2, 0.25) is 5.02 Å². The van der Waals surface area contributed by atoms with E-state index >= 15 is 0 Å². The normalized spacial score (nSPS) is 10.2. The second kappa shape index (κ2) is 4.39. The van der Waals surface area contributed by atoms with E-state index in [-0.39, 0.29) is 11.5 Å². The molecule has 0 unspecified atom stereocenters. The van der Waals surface area contributed by atoms with Crippen molar-refractivity contribution in [2.75, 3.05) is 5.73 Å². The van der Waals surface area contributed by atoms with E-state index in [1.807, 2.05) is 0 Å². The highest BCUT2D eigenvalue weighted by Gasteiger charge is 2.11. The number of halogens is 1. The predicted molar refractivity (Wildman–Crippen MR) is 65.7 cm³/mol. The van der Waals surface area contributed by atoms with Gasteiger partial charge in [-0.3, -0.25) is 10.1 Å². The van der Waals surface area contributed by atoms with Crippen molar-refractivity contribution in [2.45, 2.75) is 0 Å². The van der Waals surface area contributed by atoms with Crippen molar-refractivity contribution in [3.05, 3.63) is 51.7 Å². The first-order valence-electron chi connectivity index (χ1n) is 4.74. The Labute approximate surface area is 102 Å². The lowest BCUT2D eigenvalue weighted by atomic mass is 10.1. The van der Waals surface area contributed by atoms with Crippen molar-refractivity contribution in [1.29, 1.82) is 0 Å². The van der Waals surface area contributed by atoms with Crippen molar-refractivity contribution < 1.29 is 4.92 Å². The molecular weight excluding hydrogens is 242 g/mol. The zero-order chi connectivity index (χ0) is 12.4. The third kappa shape index (κ3) is 2.34. The lowest BCUT2D eigenvalue weighted by molar-refractivity contribution is -0.385. The molecule has 0 spiro atoms. The quantitative estimate of drug-likeness (QED) is 0.655. The molecule has 2 N–H and O–H groups in total. The van der Waals surface area contributed by atoms with Gasteiger partial charge in [0.2, 0.25) is 0 Å². The first-order valence-corrected chi connectivity index (χ1v) is 5.11. The third-order valence-corrected chi connectivity index (χ3v) is 2.52. The monoisotopic (exact) mass is 249 g/mol. The number of hydrogen-bond donors (Lipinski definition) is 1. The molecule has 2 aromatic rings. The second-order valence-electron chi connectivity index (χ2n) is 3.39. The van der Waals surface area contributed by atoms with Crippen LogP contribution >= 0.6 is 11.6 Å². The number of anilines is 1. The van der Waals surface area contributed by atoms with Crippen LogP contribution in [0.4, 0.5) is 11.5 Å². The minimum atomic E-state index is -0.508. The highest BCUT2D eigenvalue weighted by Crippen LogP contribution is 2.28. The summed E-state index contributed by atoms with van der Waals surface area (Å²) >= 11 is 5.77. The Morgan fingerprint density at radius 3 is 2.53 bits per heavy atom. The summed E-state index contributed by atoms with van der Waals surface area (Å²) in [5.74, 6) is 0.248. The first-order chi connectivity index (χ1) is 8.08. The molecule has 0 aliphatic carbocycles. The molecule has 1 heterocycles. The number of rotatable bonds is 2. The molecule has 0 amide bonds. The van der Waals surface area contributed by atoms with E-state index in [9.17, 15) is 10.1 Å². The van der Waals surface area contributed by atoms with Crippen LogP contribution in [0, 0.1) is 10.1 Å². The fraction of sp³-hybridized carbons (Fsp3) is 0. The minimum absolute atomic E-state index is 0.0934. The fourth-order valence-corrected chi connectivity index (χ4v) is 1.55. The number of pyridine rings is 1. The Kier molecular flexibility index (Phi) is 2.93. The molecule has 0 aliphatic heterocycles. The molecule has 2 rings (SSSR count). The zero-order valence-corrected chi connectivity index (χ0v) is 9.39. The van der Waals surface area contributed by atoms with Gasteiger partial charge in [-0.1, -0.05) is 23.7 Å². The number of nitrogens with zero attached hydrogens (tertiary/aromatic N) is 2. The van der Waals surface area contributed by atoms with Crippen LogP contribution in [0.5, 0.6) is 0 Å². The van der Waals surface area contributed by atoms with Crippen molar-refractivity contribution in [1.82, 2.24) is 4.98 Å². The lowest BCUT2D eigenvalue weighted by Crippen LogP contribution is -1.97. The summed E-state index contributed by atoms with van der Waals surface area (Å²) < 4.78 is 0. The molecule has 86 valence electrons. The number of nitro groups is 1. The molecule has 0 fully saturated rings. The molecule has 0 atom stereocenters. The Morgan fingerprint density at radius 2 is 1.94 bits per heavy atom. The van der Waals surface area contributed by atoms with Gasteiger partial charge in [0.1, 0.15) is 12.0 Å². The van der Waals surface area contributed by atoms with Gasteiger partial charge in [-0.2, -0.15) is 0 Å². The summed E-state index contributed by atoms with van der Waals surface area (Å²) in [7, 11) is 0. The number of nitrogen functional groups attached to an aromatic ring is 1. The fourth-order valence-electron chi connectivity index (χ4n) is 1.42. The molecule has 6 heteroatoms. The van der Waals surface area contributed by atoms with Crippen LogP contribution < -0.4 is 5.73 Å². The summed E-state index contributed by atoms with van der Waals surface area (Å²) in [6, 6.07) is 8.24. The predicted octanol–water partition coefficient (Wildman–Crippen LogP) is 2.89. The van der Waals surface area contributed by atoms with E-state index in [4.69, 9.17) is 17.3 Å². The number of hydrogen-bond acceptors (Lipinski definition) is 4. The van der Waals surface area contributed by atoms with Gasteiger partial charge in [0.15, 0.2) is 0 Å². The highest BCUT2D eigenvalue weighted by atomic mass is 35.5. The summed E-state index contributed by atoms with van der Waals surface area (Å²) in [4.78, 5) is 13.9. The van der Waals surface area contributed by atoms with Gasteiger partial charge < -0.3 is 5.73 Å². The molecule has 0 radical (unpaired) electrons. The standard InChI is InChI=1S/C11H8ClN3O2/c12-8-3-1-7(2-4-8)10-5-9(15(16)17)6-14-11(10)13/h1-6H,(H2,13,14). The van der Waals surface area contributed by atoms with Gasteiger partial charge in [-0.25, -0.2) is 4.98 Å². The van der Waals surface area contributed by atoms with Gasteiger partial charge in [0.25, 0.3) is 5.69 Å². The van der Waals surface area contributed by atoms with Crippen molar-refractivity contribution in [2.24, 2.45) is 0 Å². The SMILES string of the molecule is Nc1ncc([N+](=O)[O-])cc1-c1ccc(Cl)cc1. The van der Waals surface area contributed by atoms with Crippen LogP contribution in [0.1, 0.15) is 0 Å². The maximum atomic E-state index is 10.7. The maximum Gasteiger partial charge on any atom is 0.288 e. The van der Waals surface area contributed by atoms with E-state index in [2.05, 4.69) is 4.98 Å². The Hall–Kier alpha value is -2.14. The third-order valence-electron chi connectivity index (χ3n) is 2.27. The minimum Gasteiger partial charge on any atom is -0.383 e. The van der Waals surface area contributed by atoms with E-state index in [1.165, 1.54) is 6.07 Å². The molecule has 0 saturated heterocycles. The van der Waals surface area contributed by atoms with Crippen molar-refractivity contribution in [3.63, 3.8) is 0 Å². The highest BCUT2D eigenvalue weighted by molar-refractivity contribution is 6.30. The summed E-state index contributed by atoms with van der Waals surface area (Å²) in [5.41, 5.74) is 6.86. The molecule has 1 aromatic heterocycles. The Balaban J connectivity index is 2.54. The van der Waals surface area contributed by atoms with Gasteiger partial charge in [-0.15, -0.1) is 0 Å². The molecule has 1 aromatic carbocycles.